The number of cyclic esters (lactones) is 1. The molecule has 1 aliphatic heterocycles. The minimum atomic E-state index is -1.68. The summed E-state index contributed by atoms with van der Waals surface area (Å²) >= 11 is 0. The van der Waals surface area contributed by atoms with Crippen molar-refractivity contribution in [1.82, 2.24) is 0 Å². The Labute approximate surface area is 164 Å². The Morgan fingerprint density at radius 1 is 1.32 bits per heavy atom. The number of hydrogen-bond acceptors (Lipinski definition) is 6. The highest BCUT2D eigenvalue weighted by molar-refractivity contribution is 5.88. The van der Waals surface area contributed by atoms with E-state index >= 15 is 0 Å². The molecule has 1 saturated heterocycles. The van der Waals surface area contributed by atoms with Gasteiger partial charge in [0, 0.05) is 29.4 Å². The van der Waals surface area contributed by atoms with Crippen molar-refractivity contribution >= 4 is 17.9 Å². The topological polar surface area (TPSA) is 110 Å². The Hall–Kier alpha value is -2.15. The number of carboxylic acids is 1. The van der Waals surface area contributed by atoms with Crippen LogP contribution in [0.25, 0.3) is 0 Å². The lowest BCUT2D eigenvalue weighted by Crippen LogP contribution is -2.65. The highest BCUT2D eigenvalue weighted by Crippen LogP contribution is 2.63. The van der Waals surface area contributed by atoms with E-state index in [1.54, 1.807) is 6.08 Å². The summed E-state index contributed by atoms with van der Waals surface area (Å²) in [6.07, 6.45) is 6.37. The summed E-state index contributed by atoms with van der Waals surface area (Å²) in [4.78, 5) is 35.4. The van der Waals surface area contributed by atoms with E-state index in [9.17, 15) is 19.5 Å². The number of esters is 2. The van der Waals surface area contributed by atoms with Crippen LogP contribution in [-0.2, 0) is 23.9 Å². The van der Waals surface area contributed by atoms with Crippen molar-refractivity contribution < 1.29 is 34.1 Å². The number of carboxylic acid groups (broad SMARTS) is 1. The smallest absolute Gasteiger partial charge is 0.343 e. The van der Waals surface area contributed by atoms with Gasteiger partial charge in [-0.2, -0.15) is 0 Å². The molecule has 1 saturated carbocycles. The number of aliphatic hydroxyl groups is 1. The molecule has 0 aromatic rings. The van der Waals surface area contributed by atoms with E-state index in [1.165, 1.54) is 12.2 Å². The second-order valence-corrected chi connectivity index (χ2v) is 8.95. The first kappa shape index (κ1) is 20.6. The van der Waals surface area contributed by atoms with E-state index in [4.69, 9.17) is 14.6 Å². The molecule has 0 unspecified atom stereocenters. The van der Waals surface area contributed by atoms with Gasteiger partial charge < -0.3 is 19.7 Å². The van der Waals surface area contributed by atoms with Crippen LogP contribution in [0.3, 0.4) is 0 Å². The van der Waals surface area contributed by atoms with Crippen molar-refractivity contribution in [2.45, 2.75) is 64.6 Å². The third kappa shape index (κ3) is 3.15. The molecule has 0 amide bonds. The van der Waals surface area contributed by atoms with Crippen LogP contribution in [-0.4, -0.2) is 46.4 Å². The molecule has 1 heterocycles. The minimum absolute atomic E-state index is 0.000569. The molecular weight excluding hydrogens is 364 g/mol. The van der Waals surface area contributed by atoms with Crippen LogP contribution in [0.15, 0.2) is 23.8 Å². The Bertz CT molecular complexity index is 750. The fraction of sp³-hybridized carbons (Fsp3) is 0.667. The van der Waals surface area contributed by atoms with Gasteiger partial charge in [-0.1, -0.05) is 33.3 Å². The second-order valence-electron chi connectivity index (χ2n) is 8.95. The van der Waals surface area contributed by atoms with E-state index in [2.05, 4.69) is 13.8 Å². The molecule has 0 bridgehead atoms. The fourth-order valence-corrected chi connectivity index (χ4v) is 5.51. The molecule has 2 aliphatic carbocycles. The van der Waals surface area contributed by atoms with Gasteiger partial charge in [0.1, 0.15) is 12.7 Å². The number of rotatable bonds is 5. The number of ether oxygens (including phenoxy) is 2. The number of carbonyl (C=O) groups excluding carboxylic acids is 2. The third-order valence-corrected chi connectivity index (χ3v) is 6.72. The highest BCUT2D eigenvalue weighted by Gasteiger charge is 2.69. The van der Waals surface area contributed by atoms with Gasteiger partial charge in [0.25, 0.3) is 0 Å². The zero-order valence-electron chi connectivity index (χ0n) is 16.6. The number of fused-ring (bicyclic) bond motifs is 3. The second kappa shape index (κ2) is 7.03. The Morgan fingerprint density at radius 2 is 2.04 bits per heavy atom. The SMILES string of the molecule is CC1(C)CCC[C@@]2(C)[C@H]1[C@H](OC(=O)/C=C/CCC(=O)O)C=C1COC(=O)[C@@]12O. The maximum absolute atomic E-state index is 12.5. The van der Waals surface area contributed by atoms with Gasteiger partial charge >= 0.3 is 17.9 Å². The fourth-order valence-electron chi connectivity index (χ4n) is 5.51. The highest BCUT2D eigenvalue weighted by atomic mass is 16.6. The monoisotopic (exact) mass is 392 g/mol. The van der Waals surface area contributed by atoms with Crippen LogP contribution < -0.4 is 0 Å². The number of carbonyl (C=O) groups is 3. The molecule has 7 heteroatoms. The summed E-state index contributed by atoms with van der Waals surface area (Å²) in [6, 6.07) is 0. The largest absolute Gasteiger partial charge is 0.481 e. The molecule has 3 aliphatic rings. The van der Waals surface area contributed by atoms with Gasteiger partial charge in [0.15, 0.2) is 5.60 Å². The molecule has 154 valence electrons. The first-order chi connectivity index (χ1) is 13.0. The van der Waals surface area contributed by atoms with Crippen LogP contribution in [0.4, 0.5) is 0 Å². The predicted molar refractivity (Wildman–Crippen MR) is 99.1 cm³/mol. The molecule has 2 fully saturated rings. The minimum Gasteiger partial charge on any atom is -0.481 e. The number of allylic oxidation sites excluding steroid dienone is 1. The third-order valence-electron chi connectivity index (χ3n) is 6.72. The quantitative estimate of drug-likeness (QED) is 0.420. The van der Waals surface area contributed by atoms with Crippen molar-refractivity contribution in [1.29, 1.82) is 0 Å². The van der Waals surface area contributed by atoms with Gasteiger partial charge in [-0.25, -0.2) is 9.59 Å². The van der Waals surface area contributed by atoms with Crippen LogP contribution in [0.5, 0.6) is 0 Å². The first-order valence-corrected chi connectivity index (χ1v) is 9.72. The van der Waals surface area contributed by atoms with Crippen molar-refractivity contribution in [2.24, 2.45) is 16.7 Å². The molecule has 0 radical (unpaired) electrons. The van der Waals surface area contributed by atoms with Gasteiger partial charge in [0.05, 0.1) is 0 Å². The molecule has 4 atom stereocenters. The van der Waals surface area contributed by atoms with Crippen LogP contribution in [0, 0.1) is 16.7 Å². The Morgan fingerprint density at radius 3 is 2.71 bits per heavy atom. The summed E-state index contributed by atoms with van der Waals surface area (Å²) in [5.41, 5.74) is -2.28. The molecule has 28 heavy (non-hydrogen) atoms. The molecule has 7 nitrogen and oxygen atoms in total. The lowest BCUT2D eigenvalue weighted by Gasteiger charge is -2.59. The number of hydrogen-bond donors (Lipinski definition) is 2. The number of aliphatic carboxylic acids is 1. The predicted octanol–water partition coefficient (Wildman–Crippen LogP) is 2.38. The van der Waals surface area contributed by atoms with E-state index in [0.29, 0.717) is 12.0 Å². The van der Waals surface area contributed by atoms with Crippen molar-refractivity contribution in [3.05, 3.63) is 23.8 Å². The molecule has 0 spiro atoms. The molecule has 2 N–H and O–H groups in total. The van der Waals surface area contributed by atoms with E-state index in [1.807, 2.05) is 6.92 Å². The Balaban J connectivity index is 1.90. The molecule has 3 rings (SSSR count). The van der Waals surface area contributed by atoms with Crippen LogP contribution in [0.1, 0.15) is 52.9 Å². The maximum atomic E-state index is 12.5. The van der Waals surface area contributed by atoms with Gasteiger partial charge in [-0.15, -0.1) is 0 Å². The lowest BCUT2D eigenvalue weighted by atomic mass is 9.46. The first-order valence-electron chi connectivity index (χ1n) is 9.72. The van der Waals surface area contributed by atoms with Crippen LogP contribution >= 0.6 is 0 Å². The van der Waals surface area contributed by atoms with Gasteiger partial charge in [0.2, 0.25) is 0 Å². The van der Waals surface area contributed by atoms with Crippen LogP contribution in [0.2, 0.25) is 0 Å². The molecular formula is C21H28O7. The van der Waals surface area contributed by atoms with Crippen molar-refractivity contribution in [3.8, 4) is 0 Å². The summed E-state index contributed by atoms with van der Waals surface area (Å²) < 4.78 is 10.9. The van der Waals surface area contributed by atoms with Crippen molar-refractivity contribution in [3.63, 3.8) is 0 Å². The van der Waals surface area contributed by atoms with E-state index in [0.717, 1.165) is 12.8 Å². The normalized spacial score (nSPS) is 36.3. The molecule has 0 aromatic heterocycles. The summed E-state index contributed by atoms with van der Waals surface area (Å²) in [6.45, 7) is 6.03. The lowest BCUT2D eigenvalue weighted by molar-refractivity contribution is -0.194. The standard InChI is InChI=1S/C21H28O7/c1-19(2)9-6-10-20(3)17(19)14(11-13-12-27-18(25)21(13,20)26)28-16(24)8-5-4-7-15(22)23/h5,8,11,14,17,26H,4,6-7,9-10,12H2,1-3H3,(H,22,23)/b8-5+/t14-,17+,20+,21+/m1/s1. The Kier molecular flexibility index (Phi) is 5.17. The summed E-state index contributed by atoms with van der Waals surface area (Å²) in [7, 11) is 0. The molecule has 0 aromatic carbocycles. The summed E-state index contributed by atoms with van der Waals surface area (Å²) in [5.74, 6) is -2.38. The van der Waals surface area contributed by atoms with E-state index < -0.39 is 35.0 Å². The van der Waals surface area contributed by atoms with Gasteiger partial charge in [-0.3, -0.25) is 4.79 Å². The summed E-state index contributed by atoms with van der Waals surface area (Å²) in [5, 5.41) is 20.1. The average molecular weight is 392 g/mol. The van der Waals surface area contributed by atoms with E-state index in [-0.39, 0.29) is 30.8 Å². The van der Waals surface area contributed by atoms with Gasteiger partial charge in [-0.05, 0) is 30.8 Å². The van der Waals surface area contributed by atoms with Crippen molar-refractivity contribution in [2.75, 3.05) is 6.61 Å². The average Bonchev–Trinajstić information content (AvgIpc) is 2.87. The zero-order chi connectivity index (χ0) is 20.7. The zero-order valence-corrected chi connectivity index (χ0v) is 16.6. The maximum Gasteiger partial charge on any atom is 0.343 e.